The van der Waals surface area contributed by atoms with Crippen LogP contribution in [0.1, 0.15) is 37.3 Å². The smallest absolute Gasteiger partial charge is 0.244 e. The molecule has 0 radical (unpaired) electrons. The van der Waals surface area contributed by atoms with Crippen molar-refractivity contribution in [3.63, 3.8) is 0 Å². The van der Waals surface area contributed by atoms with Gasteiger partial charge in [0.2, 0.25) is 5.95 Å². The molecule has 2 rings (SSSR count). The largest absolute Gasteiger partial charge is 0.365 e. The van der Waals surface area contributed by atoms with Crippen LogP contribution in [0.2, 0.25) is 0 Å². The van der Waals surface area contributed by atoms with Gasteiger partial charge in [0.1, 0.15) is 0 Å². The highest BCUT2D eigenvalue weighted by Crippen LogP contribution is 2.08. The fourth-order valence-corrected chi connectivity index (χ4v) is 1.94. The number of benzene rings is 1. The quantitative estimate of drug-likeness (QED) is 0.728. The molecule has 0 unspecified atom stereocenters. The van der Waals surface area contributed by atoms with E-state index >= 15 is 0 Å². The summed E-state index contributed by atoms with van der Waals surface area (Å²) in [7, 11) is 0. The molecule has 5 nitrogen and oxygen atoms in total. The van der Waals surface area contributed by atoms with Gasteiger partial charge in [-0.1, -0.05) is 49.6 Å². The number of nitrogens with zero attached hydrogens (tertiary/aromatic N) is 3. The van der Waals surface area contributed by atoms with Crippen LogP contribution in [0, 0.1) is 6.92 Å². The maximum atomic E-state index is 4.41. The molecule has 0 aliphatic rings. The SMILES string of the molecule is CCCCCNc1nncc(NCc2ccc(C)cc2)n1. The molecule has 0 atom stereocenters. The summed E-state index contributed by atoms with van der Waals surface area (Å²) in [6.07, 6.45) is 5.19. The van der Waals surface area contributed by atoms with Gasteiger partial charge in [-0.05, 0) is 18.9 Å². The highest BCUT2D eigenvalue weighted by atomic mass is 15.3. The van der Waals surface area contributed by atoms with Crippen LogP contribution in [0.25, 0.3) is 0 Å². The average molecular weight is 285 g/mol. The Morgan fingerprint density at radius 2 is 1.86 bits per heavy atom. The zero-order chi connectivity index (χ0) is 14.9. The number of hydrogen-bond donors (Lipinski definition) is 2. The zero-order valence-corrected chi connectivity index (χ0v) is 12.8. The number of hydrogen-bond acceptors (Lipinski definition) is 5. The molecule has 1 aromatic carbocycles. The molecule has 0 aliphatic heterocycles. The minimum atomic E-state index is 0.583. The zero-order valence-electron chi connectivity index (χ0n) is 12.8. The summed E-state index contributed by atoms with van der Waals surface area (Å²) in [5.74, 6) is 1.32. The molecule has 0 spiro atoms. The molecule has 0 bridgehead atoms. The Labute approximate surface area is 126 Å². The number of unbranched alkanes of at least 4 members (excludes halogenated alkanes) is 2. The first-order chi connectivity index (χ1) is 10.3. The molecule has 0 aliphatic carbocycles. The number of aromatic nitrogens is 3. The summed E-state index contributed by atoms with van der Waals surface area (Å²) in [5.41, 5.74) is 2.48. The van der Waals surface area contributed by atoms with E-state index in [0.717, 1.165) is 25.3 Å². The normalized spacial score (nSPS) is 10.4. The van der Waals surface area contributed by atoms with E-state index in [1.165, 1.54) is 24.0 Å². The van der Waals surface area contributed by atoms with Crippen molar-refractivity contribution in [2.75, 3.05) is 17.2 Å². The molecule has 21 heavy (non-hydrogen) atoms. The van der Waals surface area contributed by atoms with Crippen molar-refractivity contribution in [2.45, 2.75) is 39.7 Å². The number of nitrogens with one attached hydrogen (secondary N) is 2. The Bertz CT molecular complexity index is 539. The van der Waals surface area contributed by atoms with Crippen LogP contribution in [0.15, 0.2) is 30.5 Å². The standard InChI is InChI=1S/C16H23N5/c1-3-4-5-10-17-16-20-15(12-19-21-16)18-11-14-8-6-13(2)7-9-14/h6-9,12H,3-5,10-11H2,1-2H3,(H2,17,18,20,21). The lowest BCUT2D eigenvalue weighted by atomic mass is 10.1. The highest BCUT2D eigenvalue weighted by molar-refractivity contribution is 5.38. The van der Waals surface area contributed by atoms with E-state index in [1.54, 1.807) is 6.20 Å². The average Bonchev–Trinajstić information content (AvgIpc) is 2.52. The van der Waals surface area contributed by atoms with Crippen LogP contribution in [0.3, 0.4) is 0 Å². The van der Waals surface area contributed by atoms with Gasteiger partial charge in [0.25, 0.3) is 0 Å². The second kappa shape index (κ2) is 8.19. The van der Waals surface area contributed by atoms with Crippen LogP contribution in [-0.4, -0.2) is 21.7 Å². The monoisotopic (exact) mass is 285 g/mol. The molecule has 1 heterocycles. The third-order valence-electron chi connectivity index (χ3n) is 3.22. The summed E-state index contributed by atoms with van der Waals surface area (Å²) in [6, 6.07) is 8.44. The first-order valence-electron chi connectivity index (χ1n) is 7.51. The van der Waals surface area contributed by atoms with Crippen LogP contribution in [0.4, 0.5) is 11.8 Å². The summed E-state index contributed by atoms with van der Waals surface area (Å²) < 4.78 is 0. The van der Waals surface area contributed by atoms with Gasteiger partial charge in [-0.15, -0.1) is 5.10 Å². The third kappa shape index (κ3) is 5.38. The van der Waals surface area contributed by atoms with Gasteiger partial charge < -0.3 is 10.6 Å². The van der Waals surface area contributed by atoms with Crippen molar-refractivity contribution in [3.8, 4) is 0 Å². The molecular weight excluding hydrogens is 262 g/mol. The number of aryl methyl sites for hydroxylation is 1. The van der Waals surface area contributed by atoms with E-state index in [2.05, 4.69) is 63.9 Å². The Morgan fingerprint density at radius 3 is 2.62 bits per heavy atom. The Morgan fingerprint density at radius 1 is 1.05 bits per heavy atom. The van der Waals surface area contributed by atoms with E-state index in [-0.39, 0.29) is 0 Å². The molecule has 1 aromatic heterocycles. The van der Waals surface area contributed by atoms with E-state index in [1.807, 2.05) is 0 Å². The second-order valence-corrected chi connectivity index (χ2v) is 5.14. The lowest BCUT2D eigenvalue weighted by Crippen LogP contribution is -2.09. The summed E-state index contributed by atoms with van der Waals surface area (Å²) in [6.45, 7) is 5.89. The minimum absolute atomic E-state index is 0.583. The molecule has 0 saturated heterocycles. The van der Waals surface area contributed by atoms with Gasteiger partial charge >= 0.3 is 0 Å². The Kier molecular flexibility index (Phi) is 5.94. The van der Waals surface area contributed by atoms with Crippen molar-refractivity contribution >= 4 is 11.8 Å². The summed E-state index contributed by atoms with van der Waals surface area (Å²) >= 11 is 0. The van der Waals surface area contributed by atoms with Crippen molar-refractivity contribution in [1.82, 2.24) is 15.2 Å². The Hall–Kier alpha value is -2.17. The van der Waals surface area contributed by atoms with Crippen molar-refractivity contribution < 1.29 is 0 Å². The summed E-state index contributed by atoms with van der Waals surface area (Å²) in [5, 5.41) is 14.4. The molecule has 2 aromatic rings. The summed E-state index contributed by atoms with van der Waals surface area (Å²) in [4.78, 5) is 4.41. The maximum Gasteiger partial charge on any atom is 0.244 e. The van der Waals surface area contributed by atoms with E-state index < -0.39 is 0 Å². The lowest BCUT2D eigenvalue weighted by Gasteiger charge is -2.07. The molecule has 5 heteroatoms. The topological polar surface area (TPSA) is 62.7 Å². The number of rotatable bonds is 8. The Balaban J connectivity index is 1.84. The first kappa shape index (κ1) is 15.2. The second-order valence-electron chi connectivity index (χ2n) is 5.14. The first-order valence-corrected chi connectivity index (χ1v) is 7.51. The lowest BCUT2D eigenvalue weighted by molar-refractivity contribution is 0.738. The predicted molar refractivity (Wildman–Crippen MR) is 86.3 cm³/mol. The highest BCUT2D eigenvalue weighted by Gasteiger charge is 2.00. The van der Waals surface area contributed by atoms with Crippen LogP contribution < -0.4 is 10.6 Å². The molecular formula is C16H23N5. The molecule has 0 saturated carbocycles. The van der Waals surface area contributed by atoms with E-state index in [0.29, 0.717) is 5.95 Å². The molecule has 2 N–H and O–H groups in total. The van der Waals surface area contributed by atoms with Crippen molar-refractivity contribution in [2.24, 2.45) is 0 Å². The van der Waals surface area contributed by atoms with Gasteiger partial charge in [-0.25, -0.2) is 0 Å². The predicted octanol–water partition coefficient (Wildman–Crippen LogP) is 3.39. The fourth-order valence-electron chi connectivity index (χ4n) is 1.94. The van der Waals surface area contributed by atoms with Gasteiger partial charge in [0.15, 0.2) is 5.82 Å². The van der Waals surface area contributed by atoms with Crippen molar-refractivity contribution in [1.29, 1.82) is 0 Å². The van der Waals surface area contributed by atoms with E-state index in [4.69, 9.17) is 0 Å². The third-order valence-corrected chi connectivity index (χ3v) is 3.22. The van der Waals surface area contributed by atoms with Gasteiger partial charge in [-0.3, -0.25) is 0 Å². The van der Waals surface area contributed by atoms with Crippen LogP contribution in [0.5, 0.6) is 0 Å². The van der Waals surface area contributed by atoms with Crippen LogP contribution >= 0.6 is 0 Å². The van der Waals surface area contributed by atoms with Crippen molar-refractivity contribution in [3.05, 3.63) is 41.6 Å². The molecule has 112 valence electrons. The molecule has 0 fully saturated rings. The minimum Gasteiger partial charge on any atom is -0.365 e. The van der Waals surface area contributed by atoms with Gasteiger partial charge in [0.05, 0.1) is 6.20 Å². The van der Waals surface area contributed by atoms with E-state index in [9.17, 15) is 0 Å². The molecule has 0 amide bonds. The van der Waals surface area contributed by atoms with Gasteiger partial charge in [0, 0.05) is 13.1 Å². The fraction of sp³-hybridized carbons (Fsp3) is 0.438. The van der Waals surface area contributed by atoms with Crippen LogP contribution in [-0.2, 0) is 6.54 Å². The maximum absolute atomic E-state index is 4.41. The van der Waals surface area contributed by atoms with Gasteiger partial charge in [-0.2, -0.15) is 10.1 Å². The number of anilines is 2.